The van der Waals surface area contributed by atoms with Crippen LogP contribution >= 0.6 is 0 Å². The molecule has 0 amide bonds. The van der Waals surface area contributed by atoms with Crippen molar-refractivity contribution in [1.82, 2.24) is 19.6 Å². The first-order valence-electron chi connectivity index (χ1n) is 8.79. The van der Waals surface area contributed by atoms with Crippen molar-refractivity contribution in [1.29, 1.82) is 0 Å². The van der Waals surface area contributed by atoms with Gasteiger partial charge in [-0.15, -0.1) is 0 Å². The number of hydrogen-bond acceptors (Lipinski definition) is 4. The van der Waals surface area contributed by atoms with Gasteiger partial charge in [-0.3, -0.25) is 4.79 Å². The van der Waals surface area contributed by atoms with Gasteiger partial charge in [0.1, 0.15) is 5.69 Å². The van der Waals surface area contributed by atoms with E-state index in [0.29, 0.717) is 16.9 Å². The molecule has 0 N–H and O–H groups in total. The van der Waals surface area contributed by atoms with Crippen LogP contribution < -0.4 is 10.2 Å². The van der Waals surface area contributed by atoms with E-state index in [9.17, 15) is 13.6 Å². The molecule has 2 aromatic heterocycles. The zero-order valence-electron chi connectivity index (χ0n) is 15.4. The molecule has 146 valence electrons. The number of para-hydroxylation sites is 3. The van der Waals surface area contributed by atoms with Crippen LogP contribution in [0.2, 0.25) is 0 Å². The highest BCUT2D eigenvalue weighted by atomic mass is 19.3. The molecule has 4 rings (SSSR count). The lowest BCUT2D eigenvalue weighted by Gasteiger charge is -2.14. The third-order valence-electron chi connectivity index (χ3n) is 4.31. The number of hydrogen-bond donors (Lipinski definition) is 0. The molecule has 0 radical (unpaired) electrons. The highest BCUT2D eigenvalue weighted by Gasteiger charge is 2.17. The Hall–Kier alpha value is -3.81. The summed E-state index contributed by atoms with van der Waals surface area (Å²) >= 11 is 0. The molecule has 0 bridgehead atoms. The number of aromatic nitrogens is 4. The predicted molar refractivity (Wildman–Crippen MR) is 104 cm³/mol. The highest BCUT2D eigenvalue weighted by molar-refractivity contribution is 5.58. The summed E-state index contributed by atoms with van der Waals surface area (Å²) in [6.45, 7) is -1.33. The Morgan fingerprint density at radius 2 is 1.72 bits per heavy atom. The van der Waals surface area contributed by atoms with Gasteiger partial charge in [0, 0.05) is 11.8 Å². The highest BCUT2D eigenvalue weighted by Crippen LogP contribution is 2.25. The maximum atomic E-state index is 12.8. The van der Waals surface area contributed by atoms with Gasteiger partial charge in [-0.2, -0.15) is 19.0 Å². The smallest absolute Gasteiger partial charge is 0.387 e. The van der Waals surface area contributed by atoms with E-state index in [1.807, 2.05) is 30.3 Å². The number of benzene rings is 2. The Morgan fingerprint density at radius 3 is 2.48 bits per heavy atom. The van der Waals surface area contributed by atoms with Crippen LogP contribution in [0.4, 0.5) is 8.78 Å². The van der Waals surface area contributed by atoms with Gasteiger partial charge in [0.05, 0.1) is 17.6 Å². The van der Waals surface area contributed by atoms with Crippen molar-refractivity contribution in [2.45, 2.75) is 13.5 Å². The molecule has 0 saturated heterocycles. The minimum Gasteiger partial charge on any atom is -0.433 e. The minimum atomic E-state index is -2.98. The second-order valence-electron chi connectivity index (χ2n) is 6.24. The Balaban J connectivity index is 1.89. The number of alkyl halides is 2. The molecular weight excluding hydrogens is 378 g/mol. The van der Waals surface area contributed by atoms with E-state index < -0.39 is 6.61 Å². The SMILES string of the molecule is Cc1cn(-c2ccccc2OC(F)F)nc(-c2ccnn2-c2ccccc2)c1=O. The summed E-state index contributed by atoms with van der Waals surface area (Å²) in [6.07, 6.45) is 3.06. The minimum absolute atomic E-state index is 0.0411. The van der Waals surface area contributed by atoms with Gasteiger partial charge in [-0.1, -0.05) is 30.3 Å². The maximum Gasteiger partial charge on any atom is 0.387 e. The van der Waals surface area contributed by atoms with Crippen molar-refractivity contribution in [3.63, 3.8) is 0 Å². The molecule has 0 saturated carbocycles. The fraction of sp³-hybridized carbons (Fsp3) is 0.0952. The van der Waals surface area contributed by atoms with Crippen LogP contribution in [0, 0.1) is 6.92 Å². The topological polar surface area (TPSA) is 61.9 Å². The molecule has 8 heteroatoms. The third kappa shape index (κ3) is 3.64. The molecule has 0 aliphatic rings. The van der Waals surface area contributed by atoms with E-state index in [0.717, 1.165) is 5.69 Å². The van der Waals surface area contributed by atoms with Gasteiger partial charge < -0.3 is 4.74 Å². The molecule has 4 aromatic rings. The quantitative estimate of drug-likeness (QED) is 0.513. The van der Waals surface area contributed by atoms with Crippen molar-refractivity contribution in [3.8, 4) is 28.5 Å². The summed E-state index contributed by atoms with van der Waals surface area (Å²) in [7, 11) is 0. The largest absolute Gasteiger partial charge is 0.433 e. The fourth-order valence-electron chi connectivity index (χ4n) is 3.00. The second kappa shape index (κ2) is 7.67. The van der Waals surface area contributed by atoms with Crippen molar-refractivity contribution in [2.75, 3.05) is 0 Å². The summed E-state index contributed by atoms with van der Waals surface area (Å²) in [4.78, 5) is 12.8. The number of nitrogens with zero attached hydrogens (tertiary/aromatic N) is 4. The molecule has 29 heavy (non-hydrogen) atoms. The Labute approximate surface area is 164 Å². The first kappa shape index (κ1) is 18.5. The van der Waals surface area contributed by atoms with Gasteiger partial charge in [-0.05, 0) is 37.3 Å². The van der Waals surface area contributed by atoms with Crippen molar-refractivity contribution >= 4 is 0 Å². The summed E-state index contributed by atoms with van der Waals surface area (Å²) < 4.78 is 33.2. The van der Waals surface area contributed by atoms with E-state index in [1.54, 1.807) is 42.1 Å². The third-order valence-corrected chi connectivity index (χ3v) is 4.31. The number of aryl methyl sites for hydroxylation is 1. The van der Waals surface area contributed by atoms with Crippen molar-refractivity contribution in [3.05, 3.63) is 88.8 Å². The van der Waals surface area contributed by atoms with Crippen LogP contribution in [0.25, 0.3) is 22.8 Å². The zero-order chi connectivity index (χ0) is 20.4. The van der Waals surface area contributed by atoms with E-state index in [1.165, 1.54) is 16.9 Å². The average molecular weight is 394 g/mol. The van der Waals surface area contributed by atoms with Gasteiger partial charge >= 0.3 is 6.61 Å². The van der Waals surface area contributed by atoms with Crippen LogP contribution in [0.1, 0.15) is 5.56 Å². The van der Waals surface area contributed by atoms with Crippen LogP contribution in [-0.4, -0.2) is 26.2 Å². The average Bonchev–Trinajstić information content (AvgIpc) is 3.20. The Morgan fingerprint density at radius 1 is 1.00 bits per heavy atom. The van der Waals surface area contributed by atoms with Gasteiger partial charge in [0.25, 0.3) is 0 Å². The first-order valence-corrected chi connectivity index (χ1v) is 8.79. The lowest BCUT2D eigenvalue weighted by molar-refractivity contribution is -0.0499. The fourth-order valence-corrected chi connectivity index (χ4v) is 3.00. The molecule has 6 nitrogen and oxygen atoms in total. The molecule has 2 heterocycles. The standard InChI is InChI=1S/C21H16F2N4O2/c1-14-13-26(16-9-5-6-10-18(16)29-21(22)23)25-19(20(14)28)17-11-12-24-27(17)15-7-3-2-4-8-15/h2-13,21H,1H3. The van der Waals surface area contributed by atoms with Crippen LogP contribution in [-0.2, 0) is 0 Å². The maximum absolute atomic E-state index is 12.8. The van der Waals surface area contributed by atoms with E-state index in [-0.39, 0.29) is 16.9 Å². The predicted octanol–water partition coefficient (Wildman–Crippen LogP) is 4.00. The second-order valence-corrected chi connectivity index (χ2v) is 6.24. The summed E-state index contributed by atoms with van der Waals surface area (Å²) in [5, 5.41) is 8.72. The molecule has 0 fully saturated rings. The number of rotatable bonds is 5. The van der Waals surface area contributed by atoms with Gasteiger partial charge in [0.2, 0.25) is 5.43 Å². The lowest BCUT2D eigenvalue weighted by atomic mass is 10.2. The van der Waals surface area contributed by atoms with Crippen molar-refractivity contribution < 1.29 is 13.5 Å². The van der Waals surface area contributed by atoms with Crippen LogP contribution in [0.5, 0.6) is 5.75 Å². The molecule has 0 unspecified atom stereocenters. The van der Waals surface area contributed by atoms with E-state index in [2.05, 4.69) is 14.9 Å². The zero-order valence-corrected chi connectivity index (χ0v) is 15.4. The normalized spacial score (nSPS) is 11.0. The monoisotopic (exact) mass is 394 g/mol. The molecule has 0 aliphatic heterocycles. The molecule has 0 aliphatic carbocycles. The van der Waals surface area contributed by atoms with Crippen molar-refractivity contribution in [2.24, 2.45) is 0 Å². The molecule has 0 atom stereocenters. The molecule has 2 aromatic carbocycles. The summed E-state index contributed by atoms with van der Waals surface area (Å²) in [5.41, 5.74) is 1.84. The number of ether oxygens (including phenoxy) is 1. The lowest BCUT2D eigenvalue weighted by Crippen LogP contribution is -2.19. The van der Waals surface area contributed by atoms with Crippen LogP contribution in [0.15, 0.2) is 77.9 Å². The van der Waals surface area contributed by atoms with E-state index >= 15 is 0 Å². The summed E-state index contributed by atoms with van der Waals surface area (Å²) in [5.74, 6) is -0.0411. The molecule has 0 spiro atoms. The van der Waals surface area contributed by atoms with Gasteiger partial charge in [-0.25, -0.2) is 9.36 Å². The summed E-state index contributed by atoms with van der Waals surface area (Å²) in [6, 6.07) is 17.3. The number of halogens is 2. The Bertz CT molecular complexity index is 1200. The van der Waals surface area contributed by atoms with Gasteiger partial charge in [0.15, 0.2) is 11.4 Å². The first-order chi connectivity index (χ1) is 14.0. The van der Waals surface area contributed by atoms with Crippen LogP contribution in [0.3, 0.4) is 0 Å². The Kier molecular flexibility index (Phi) is 4.90. The molecular formula is C21H16F2N4O2. The van der Waals surface area contributed by atoms with E-state index in [4.69, 9.17) is 0 Å².